The summed E-state index contributed by atoms with van der Waals surface area (Å²) in [6.45, 7) is 6.51. The van der Waals surface area contributed by atoms with E-state index in [0.717, 1.165) is 0 Å². The minimum Gasteiger partial charge on any atom is -0.505 e. The van der Waals surface area contributed by atoms with Crippen LogP contribution in [0.1, 0.15) is 0 Å². The molecule has 0 aliphatic carbocycles. The molecule has 0 heterocycles. The first-order chi connectivity index (χ1) is 7.45. The fourth-order valence-corrected chi connectivity index (χ4v) is 0.143. The van der Waals surface area contributed by atoms with Crippen LogP contribution in [0.3, 0.4) is 0 Å². The zero-order chi connectivity index (χ0) is 13.4. The Morgan fingerprint density at radius 2 is 1.12 bits per heavy atom. The summed E-state index contributed by atoms with van der Waals surface area (Å²) in [6, 6.07) is 0. The van der Waals surface area contributed by atoms with Crippen LogP contribution in [0.25, 0.3) is 0 Å². The average Bonchev–Trinajstić information content (AvgIpc) is 2.27. The Morgan fingerprint density at radius 1 is 0.938 bits per heavy atom. The molecule has 0 unspecified atom stereocenters. The number of carbonyl (C=O) groups is 2. The highest BCUT2D eigenvalue weighted by atomic mass is 16.5. The summed E-state index contributed by atoms with van der Waals surface area (Å²) >= 11 is 0. The maximum Gasteiger partial charge on any atom is 0.328 e. The van der Waals surface area contributed by atoms with E-state index in [1.165, 1.54) is 12.5 Å². The van der Waals surface area contributed by atoms with E-state index in [1.807, 2.05) is 0 Å². The zero-order valence-electron chi connectivity index (χ0n) is 9.25. The van der Waals surface area contributed by atoms with Gasteiger partial charge in [-0.2, -0.15) is 0 Å². The number of hydrogen-bond donors (Lipinski definition) is 2. The highest BCUT2D eigenvalue weighted by molar-refractivity contribution is 5.89. The number of hydrogen-bond acceptors (Lipinski definition) is 4. The first-order valence-electron chi connectivity index (χ1n) is 3.87. The van der Waals surface area contributed by atoms with Crippen LogP contribution in [0.4, 0.5) is 0 Å². The lowest BCUT2D eigenvalue weighted by Gasteiger charge is -1.74. The molecule has 0 saturated heterocycles. The second kappa shape index (κ2) is 18.5. The minimum atomic E-state index is -1.26. The molecule has 0 atom stereocenters. The fourth-order valence-electron chi connectivity index (χ4n) is 0.143. The van der Waals surface area contributed by atoms with E-state index in [4.69, 9.17) is 10.2 Å². The van der Waals surface area contributed by atoms with Crippen molar-refractivity contribution in [3.8, 4) is 0 Å². The predicted molar refractivity (Wildman–Crippen MR) is 58.8 cm³/mol. The number of methoxy groups -OCH3 is 2. The fraction of sp³-hybridized carbons (Fsp3) is 0.200. The number of carboxylic acid groups (broad SMARTS) is 2. The van der Waals surface area contributed by atoms with Crippen LogP contribution >= 0.6 is 0 Å². The van der Waals surface area contributed by atoms with E-state index in [9.17, 15) is 9.59 Å². The van der Waals surface area contributed by atoms with E-state index >= 15 is 0 Å². The third kappa shape index (κ3) is 60.1. The summed E-state index contributed by atoms with van der Waals surface area (Å²) < 4.78 is 8.61. The summed E-state index contributed by atoms with van der Waals surface area (Å²) in [4.78, 5) is 19.1. The standard InChI is InChI=1S/C4H4O4.2C3H6O/c5-3(6)1-2-4(7)8;2*1-3-4-2/h1-2H,(H,5,6)(H,7,8);2*3H,1H2,2H3. The van der Waals surface area contributed by atoms with Gasteiger partial charge in [0.1, 0.15) is 0 Å². The van der Waals surface area contributed by atoms with Gasteiger partial charge in [0.15, 0.2) is 0 Å². The van der Waals surface area contributed by atoms with Crippen LogP contribution in [0, 0.1) is 0 Å². The van der Waals surface area contributed by atoms with Crippen molar-refractivity contribution in [3.63, 3.8) is 0 Å². The first kappa shape index (κ1) is 19.4. The topological polar surface area (TPSA) is 93.1 Å². The van der Waals surface area contributed by atoms with Crippen LogP contribution in [0.2, 0.25) is 0 Å². The molecule has 0 saturated carbocycles. The lowest BCUT2D eigenvalue weighted by molar-refractivity contribution is -0.134. The SMILES string of the molecule is C=COC.C=COC.O=C(O)C=CC(=O)O. The number of ether oxygens (including phenoxy) is 2. The summed E-state index contributed by atoms with van der Waals surface area (Å²) in [7, 11) is 3.12. The summed E-state index contributed by atoms with van der Waals surface area (Å²) in [5.41, 5.74) is 0. The molecule has 0 amide bonds. The molecule has 0 rings (SSSR count). The molecule has 6 heteroatoms. The first-order valence-corrected chi connectivity index (χ1v) is 3.87. The third-order valence-electron chi connectivity index (χ3n) is 0.702. The van der Waals surface area contributed by atoms with Gasteiger partial charge in [-0.05, 0) is 0 Å². The highest BCUT2D eigenvalue weighted by Gasteiger charge is 1.88. The Morgan fingerprint density at radius 3 is 1.19 bits per heavy atom. The molecule has 0 aliphatic heterocycles. The molecular formula is C10H16O6. The largest absolute Gasteiger partial charge is 0.505 e. The second-order valence-electron chi connectivity index (χ2n) is 1.81. The summed E-state index contributed by atoms with van der Waals surface area (Å²) in [5, 5.41) is 15.6. The molecule has 0 fully saturated rings. The molecule has 0 bridgehead atoms. The van der Waals surface area contributed by atoms with Crippen molar-refractivity contribution in [1.82, 2.24) is 0 Å². The van der Waals surface area contributed by atoms with E-state index in [1.54, 1.807) is 14.2 Å². The lowest BCUT2D eigenvalue weighted by atomic mass is 10.5. The van der Waals surface area contributed by atoms with Crippen molar-refractivity contribution in [2.75, 3.05) is 14.2 Å². The Hall–Kier alpha value is -2.24. The smallest absolute Gasteiger partial charge is 0.328 e. The number of rotatable bonds is 4. The van der Waals surface area contributed by atoms with Gasteiger partial charge in [-0.15, -0.1) is 0 Å². The molecule has 0 aromatic carbocycles. The quantitative estimate of drug-likeness (QED) is 0.560. The van der Waals surface area contributed by atoms with Crippen molar-refractivity contribution < 1.29 is 29.3 Å². The van der Waals surface area contributed by atoms with Crippen LogP contribution in [-0.4, -0.2) is 36.4 Å². The highest BCUT2D eigenvalue weighted by Crippen LogP contribution is 1.70. The van der Waals surface area contributed by atoms with Gasteiger partial charge in [0, 0.05) is 12.2 Å². The maximum atomic E-state index is 9.55. The van der Waals surface area contributed by atoms with Gasteiger partial charge in [0.2, 0.25) is 0 Å². The van der Waals surface area contributed by atoms with Crippen molar-refractivity contribution in [3.05, 3.63) is 37.8 Å². The Bertz CT molecular complexity index is 207. The Balaban J connectivity index is -0.000000179. The molecule has 0 aromatic heterocycles. The number of carboxylic acids is 2. The van der Waals surface area contributed by atoms with E-state index < -0.39 is 11.9 Å². The lowest BCUT2D eigenvalue weighted by Crippen LogP contribution is -1.91. The molecule has 0 aliphatic rings. The van der Waals surface area contributed by atoms with Gasteiger partial charge in [0.25, 0.3) is 0 Å². The molecule has 16 heavy (non-hydrogen) atoms. The van der Waals surface area contributed by atoms with Crippen LogP contribution in [0.5, 0.6) is 0 Å². The molecule has 92 valence electrons. The van der Waals surface area contributed by atoms with E-state index in [0.29, 0.717) is 12.2 Å². The van der Waals surface area contributed by atoms with Gasteiger partial charge in [-0.1, -0.05) is 13.2 Å². The Labute approximate surface area is 94.1 Å². The maximum absolute atomic E-state index is 9.55. The van der Waals surface area contributed by atoms with Gasteiger partial charge in [-0.3, -0.25) is 0 Å². The minimum absolute atomic E-state index is 0.558. The van der Waals surface area contributed by atoms with Gasteiger partial charge >= 0.3 is 11.9 Å². The van der Waals surface area contributed by atoms with E-state index in [-0.39, 0.29) is 0 Å². The van der Waals surface area contributed by atoms with Crippen molar-refractivity contribution in [2.24, 2.45) is 0 Å². The van der Waals surface area contributed by atoms with Crippen molar-refractivity contribution in [1.29, 1.82) is 0 Å². The molecule has 0 radical (unpaired) electrons. The molecular weight excluding hydrogens is 216 g/mol. The van der Waals surface area contributed by atoms with Crippen LogP contribution in [0.15, 0.2) is 37.8 Å². The van der Waals surface area contributed by atoms with Gasteiger partial charge < -0.3 is 19.7 Å². The normalized spacial score (nSPS) is 7.38. The Kier molecular flexibility index (Phi) is 22.4. The van der Waals surface area contributed by atoms with Gasteiger partial charge in [0.05, 0.1) is 26.7 Å². The van der Waals surface area contributed by atoms with Crippen molar-refractivity contribution >= 4 is 11.9 Å². The molecule has 6 nitrogen and oxygen atoms in total. The van der Waals surface area contributed by atoms with Crippen molar-refractivity contribution in [2.45, 2.75) is 0 Å². The molecule has 2 N–H and O–H groups in total. The zero-order valence-corrected chi connectivity index (χ0v) is 9.25. The predicted octanol–water partition coefficient (Wildman–Crippen LogP) is 1.26. The summed E-state index contributed by atoms with van der Waals surface area (Å²) in [6.07, 6.45) is 3.87. The van der Waals surface area contributed by atoms with Crippen LogP contribution in [-0.2, 0) is 19.1 Å². The summed E-state index contributed by atoms with van der Waals surface area (Å²) in [5.74, 6) is -2.51. The monoisotopic (exact) mass is 232 g/mol. The molecule has 0 aromatic rings. The second-order valence-corrected chi connectivity index (χ2v) is 1.81. The van der Waals surface area contributed by atoms with Gasteiger partial charge in [-0.25, -0.2) is 9.59 Å². The third-order valence-corrected chi connectivity index (χ3v) is 0.702. The number of aliphatic carboxylic acids is 2. The molecule has 0 spiro atoms. The van der Waals surface area contributed by atoms with E-state index in [2.05, 4.69) is 22.6 Å². The van der Waals surface area contributed by atoms with Crippen LogP contribution < -0.4 is 0 Å². The average molecular weight is 232 g/mol.